The van der Waals surface area contributed by atoms with E-state index in [-0.39, 0.29) is 30.7 Å². The summed E-state index contributed by atoms with van der Waals surface area (Å²) in [6, 6.07) is 0. The van der Waals surface area contributed by atoms with Gasteiger partial charge in [-0.25, -0.2) is 0 Å². The van der Waals surface area contributed by atoms with Crippen LogP contribution in [0.5, 0.6) is 0 Å². The predicted molar refractivity (Wildman–Crippen MR) is 43.2 cm³/mol. The largest absolute Gasteiger partial charge is 0.370 e. The van der Waals surface area contributed by atoms with Crippen molar-refractivity contribution in [3.63, 3.8) is 0 Å². The van der Waals surface area contributed by atoms with E-state index in [9.17, 15) is 4.79 Å². The molecular formula is C5H13Cl2NO. The molecular weight excluding hydrogens is 161 g/mol. The van der Waals surface area contributed by atoms with Crippen LogP contribution in [0.1, 0.15) is 26.2 Å². The Morgan fingerprint density at radius 2 is 1.89 bits per heavy atom. The SMILES string of the molecule is CCCCC(N)=O.Cl.Cl. The van der Waals surface area contributed by atoms with E-state index in [1.165, 1.54) is 0 Å². The van der Waals surface area contributed by atoms with Crippen molar-refractivity contribution >= 4 is 30.7 Å². The smallest absolute Gasteiger partial charge is 0.217 e. The Morgan fingerprint density at radius 3 is 2.00 bits per heavy atom. The maximum atomic E-state index is 9.98. The first-order valence-corrected chi connectivity index (χ1v) is 2.55. The summed E-state index contributed by atoms with van der Waals surface area (Å²) >= 11 is 0. The fraction of sp³-hybridized carbons (Fsp3) is 0.800. The second kappa shape index (κ2) is 10.9. The van der Waals surface area contributed by atoms with Crippen molar-refractivity contribution in [3.8, 4) is 0 Å². The van der Waals surface area contributed by atoms with Crippen molar-refractivity contribution in [2.45, 2.75) is 26.2 Å². The van der Waals surface area contributed by atoms with Gasteiger partial charge in [-0.15, -0.1) is 24.8 Å². The van der Waals surface area contributed by atoms with E-state index in [1.807, 2.05) is 6.92 Å². The summed E-state index contributed by atoms with van der Waals surface area (Å²) in [6.45, 7) is 2.03. The normalized spacial score (nSPS) is 6.78. The number of nitrogens with two attached hydrogens (primary N) is 1. The highest BCUT2D eigenvalue weighted by atomic mass is 35.5. The molecule has 2 nitrogen and oxygen atoms in total. The molecule has 0 radical (unpaired) electrons. The van der Waals surface area contributed by atoms with E-state index in [1.54, 1.807) is 0 Å². The summed E-state index contributed by atoms with van der Waals surface area (Å²) in [7, 11) is 0. The first-order valence-electron chi connectivity index (χ1n) is 2.55. The molecule has 0 aromatic carbocycles. The topological polar surface area (TPSA) is 43.1 Å². The van der Waals surface area contributed by atoms with Gasteiger partial charge in [0.1, 0.15) is 0 Å². The Morgan fingerprint density at radius 1 is 1.44 bits per heavy atom. The van der Waals surface area contributed by atoms with Gasteiger partial charge in [0.05, 0.1) is 0 Å². The standard InChI is InChI=1S/C5H11NO.2ClH/c1-2-3-4-5(6)7;;/h2-4H2,1H3,(H2,6,7);2*1H. The molecule has 0 atom stereocenters. The van der Waals surface area contributed by atoms with Crippen molar-refractivity contribution in [1.82, 2.24) is 0 Å². The number of primary amides is 1. The fourth-order valence-corrected chi connectivity index (χ4v) is 0.351. The number of hydrogen-bond acceptors (Lipinski definition) is 1. The van der Waals surface area contributed by atoms with Crippen molar-refractivity contribution in [2.75, 3.05) is 0 Å². The summed E-state index contributed by atoms with van der Waals surface area (Å²) in [5.41, 5.74) is 4.84. The molecule has 0 spiro atoms. The van der Waals surface area contributed by atoms with Crippen LogP contribution < -0.4 is 5.73 Å². The van der Waals surface area contributed by atoms with Crippen LogP contribution in [0.15, 0.2) is 0 Å². The van der Waals surface area contributed by atoms with Gasteiger partial charge < -0.3 is 5.73 Å². The second-order valence-corrected chi connectivity index (χ2v) is 1.57. The number of carbonyl (C=O) groups excluding carboxylic acids is 1. The zero-order chi connectivity index (χ0) is 5.70. The molecule has 0 aliphatic rings. The molecule has 0 fully saturated rings. The lowest BCUT2D eigenvalue weighted by molar-refractivity contribution is -0.118. The lowest BCUT2D eigenvalue weighted by atomic mass is 10.2. The van der Waals surface area contributed by atoms with Gasteiger partial charge in [-0.1, -0.05) is 13.3 Å². The monoisotopic (exact) mass is 173 g/mol. The van der Waals surface area contributed by atoms with Crippen LogP contribution in [-0.4, -0.2) is 5.91 Å². The van der Waals surface area contributed by atoms with Gasteiger partial charge in [-0.3, -0.25) is 4.79 Å². The maximum absolute atomic E-state index is 9.98. The summed E-state index contributed by atoms with van der Waals surface area (Å²) < 4.78 is 0. The van der Waals surface area contributed by atoms with Crippen LogP contribution in [0.25, 0.3) is 0 Å². The number of amides is 1. The Labute approximate surface area is 68.0 Å². The highest BCUT2D eigenvalue weighted by Gasteiger charge is 1.88. The van der Waals surface area contributed by atoms with Gasteiger partial charge in [0, 0.05) is 6.42 Å². The van der Waals surface area contributed by atoms with Crippen molar-refractivity contribution < 1.29 is 4.79 Å². The molecule has 0 aliphatic carbocycles. The van der Waals surface area contributed by atoms with Gasteiger partial charge in [0.25, 0.3) is 0 Å². The molecule has 9 heavy (non-hydrogen) atoms. The van der Waals surface area contributed by atoms with Crippen LogP contribution in [0.4, 0.5) is 0 Å². The van der Waals surface area contributed by atoms with Crippen molar-refractivity contribution in [2.24, 2.45) is 5.73 Å². The average Bonchev–Trinajstić information content (AvgIpc) is 1.61. The molecule has 0 saturated carbocycles. The molecule has 0 unspecified atom stereocenters. The summed E-state index contributed by atoms with van der Waals surface area (Å²) in [4.78, 5) is 9.98. The van der Waals surface area contributed by atoms with Gasteiger partial charge in [0.15, 0.2) is 0 Å². The number of carbonyl (C=O) groups is 1. The Bertz CT molecular complexity index is 68.0. The van der Waals surface area contributed by atoms with Gasteiger partial charge in [0.2, 0.25) is 5.91 Å². The third-order valence-corrected chi connectivity index (χ3v) is 0.777. The molecule has 0 saturated heterocycles. The van der Waals surface area contributed by atoms with Gasteiger partial charge in [-0.05, 0) is 6.42 Å². The molecule has 0 rings (SSSR count). The number of unbranched alkanes of at least 4 members (excludes halogenated alkanes) is 1. The number of halogens is 2. The molecule has 0 aromatic rings. The zero-order valence-corrected chi connectivity index (χ0v) is 7.06. The number of hydrogen-bond donors (Lipinski definition) is 1. The number of rotatable bonds is 3. The second-order valence-electron chi connectivity index (χ2n) is 1.57. The van der Waals surface area contributed by atoms with Crippen molar-refractivity contribution in [3.05, 3.63) is 0 Å². The van der Waals surface area contributed by atoms with Gasteiger partial charge in [-0.2, -0.15) is 0 Å². The Hall–Kier alpha value is 0.0500. The van der Waals surface area contributed by atoms with E-state index in [0.29, 0.717) is 6.42 Å². The summed E-state index contributed by atoms with van der Waals surface area (Å²) in [5, 5.41) is 0. The highest BCUT2D eigenvalue weighted by Crippen LogP contribution is 1.89. The molecule has 0 aliphatic heterocycles. The molecule has 1 amide bonds. The predicted octanol–water partition coefficient (Wildman–Crippen LogP) is 1.51. The minimum atomic E-state index is -0.193. The van der Waals surface area contributed by atoms with Crippen LogP contribution >= 0.6 is 24.8 Å². The van der Waals surface area contributed by atoms with Crippen LogP contribution in [0.2, 0.25) is 0 Å². The molecule has 58 valence electrons. The Kier molecular flexibility index (Phi) is 19.5. The summed E-state index contributed by atoms with van der Waals surface area (Å²) in [6.07, 6.45) is 2.51. The van der Waals surface area contributed by atoms with Crippen molar-refractivity contribution in [1.29, 1.82) is 0 Å². The quantitative estimate of drug-likeness (QED) is 0.692. The maximum Gasteiger partial charge on any atom is 0.217 e. The van der Waals surface area contributed by atoms with Gasteiger partial charge >= 0.3 is 0 Å². The molecule has 0 heterocycles. The van der Waals surface area contributed by atoms with E-state index in [2.05, 4.69) is 0 Å². The zero-order valence-electron chi connectivity index (χ0n) is 5.42. The lowest BCUT2D eigenvalue weighted by Crippen LogP contribution is -2.09. The van der Waals surface area contributed by atoms with E-state index >= 15 is 0 Å². The lowest BCUT2D eigenvalue weighted by Gasteiger charge is -1.86. The third-order valence-electron chi connectivity index (χ3n) is 0.777. The average molecular weight is 174 g/mol. The third kappa shape index (κ3) is 18.0. The Balaban J connectivity index is -0.000000180. The van der Waals surface area contributed by atoms with E-state index in [4.69, 9.17) is 5.73 Å². The minimum Gasteiger partial charge on any atom is -0.370 e. The highest BCUT2D eigenvalue weighted by molar-refractivity contribution is 5.85. The molecule has 4 heteroatoms. The van der Waals surface area contributed by atoms with E-state index in [0.717, 1.165) is 12.8 Å². The van der Waals surface area contributed by atoms with Crippen LogP contribution in [0, 0.1) is 0 Å². The molecule has 2 N–H and O–H groups in total. The summed E-state index contributed by atoms with van der Waals surface area (Å²) in [5.74, 6) is -0.193. The minimum absolute atomic E-state index is 0. The first-order chi connectivity index (χ1) is 3.27. The molecule has 0 bridgehead atoms. The fourth-order valence-electron chi connectivity index (χ4n) is 0.351. The van der Waals surface area contributed by atoms with Crippen LogP contribution in [-0.2, 0) is 4.79 Å². The molecule has 0 aromatic heterocycles. The first kappa shape index (κ1) is 16.0. The van der Waals surface area contributed by atoms with Crippen LogP contribution in [0.3, 0.4) is 0 Å². The van der Waals surface area contributed by atoms with E-state index < -0.39 is 0 Å².